The molecule has 7 heteroatoms. The van der Waals surface area contributed by atoms with E-state index in [1.807, 2.05) is 71.6 Å². The second-order valence-electron chi connectivity index (χ2n) is 8.16. The van der Waals surface area contributed by atoms with Crippen LogP contribution in [0, 0.1) is 0 Å². The Bertz CT molecular complexity index is 1100. The number of hydrogen-bond acceptors (Lipinski definition) is 4. The number of rotatable bonds is 7. The predicted octanol–water partition coefficient (Wildman–Crippen LogP) is 4.44. The summed E-state index contributed by atoms with van der Waals surface area (Å²) in [7, 11) is 0. The minimum absolute atomic E-state index is 0.0158. The van der Waals surface area contributed by atoms with E-state index in [0.29, 0.717) is 37.0 Å². The number of benzene rings is 3. The first-order valence-corrected chi connectivity index (χ1v) is 12.6. The van der Waals surface area contributed by atoms with Crippen LogP contribution in [0.15, 0.2) is 71.6 Å². The molecular weight excluding hydrogens is 454 g/mol. The van der Waals surface area contributed by atoms with Gasteiger partial charge in [0.15, 0.2) is 0 Å². The Morgan fingerprint density at radius 3 is 2.52 bits per heavy atom. The Morgan fingerprint density at radius 1 is 0.909 bits per heavy atom. The lowest BCUT2D eigenvalue weighted by atomic mass is 10.1. The topological polar surface area (TPSA) is 52.7 Å². The SMILES string of the molecule is O=C(CN1CCCN(C(=O)CSc2cccc3cccc(Cl)c23)CC1)NCc1ccccc1. The first kappa shape index (κ1) is 23.6. The maximum Gasteiger partial charge on any atom is 0.234 e. The first-order valence-electron chi connectivity index (χ1n) is 11.2. The highest BCUT2D eigenvalue weighted by Gasteiger charge is 2.21. The molecule has 0 radical (unpaired) electrons. The van der Waals surface area contributed by atoms with Gasteiger partial charge in [-0.2, -0.15) is 0 Å². The van der Waals surface area contributed by atoms with Crippen LogP contribution < -0.4 is 5.32 Å². The van der Waals surface area contributed by atoms with E-state index in [-0.39, 0.29) is 11.8 Å². The zero-order valence-corrected chi connectivity index (χ0v) is 20.1. The van der Waals surface area contributed by atoms with Crippen LogP contribution >= 0.6 is 23.4 Å². The van der Waals surface area contributed by atoms with E-state index >= 15 is 0 Å². The first-order chi connectivity index (χ1) is 16.1. The van der Waals surface area contributed by atoms with Crippen LogP contribution in [-0.4, -0.2) is 60.1 Å². The highest BCUT2D eigenvalue weighted by molar-refractivity contribution is 8.00. The van der Waals surface area contributed by atoms with Crippen molar-refractivity contribution in [2.75, 3.05) is 38.5 Å². The molecule has 4 rings (SSSR count). The minimum Gasteiger partial charge on any atom is -0.351 e. The molecule has 0 aromatic heterocycles. The van der Waals surface area contributed by atoms with Gasteiger partial charge in [0.05, 0.1) is 12.3 Å². The number of fused-ring (bicyclic) bond motifs is 1. The molecule has 0 saturated carbocycles. The fourth-order valence-corrected chi connectivity index (χ4v) is 5.40. The van der Waals surface area contributed by atoms with E-state index in [1.165, 1.54) is 11.8 Å². The average Bonchev–Trinajstić information content (AvgIpc) is 3.07. The third-order valence-corrected chi connectivity index (χ3v) is 7.17. The van der Waals surface area contributed by atoms with Gasteiger partial charge in [-0.3, -0.25) is 14.5 Å². The molecule has 3 aromatic carbocycles. The quantitative estimate of drug-likeness (QED) is 0.507. The van der Waals surface area contributed by atoms with Crippen molar-refractivity contribution >= 4 is 45.9 Å². The molecule has 172 valence electrons. The van der Waals surface area contributed by atoms with Crippen molar-refractivity contribution < 1.29 is 9.59 Å². The largest absolute Gasteiger partial charge is 0.351 e. The summed E-state index contributed by atoms with van der Waals surface area (Å²) in [6, 6.07) is 21.8. The summed E-state index contributed by atoms with van der Waals surface area (Å²) < 4.78 is 0. The minimum atomic E-state index is 0.0158. The molecule has 1 aliphatic rings. The Kier molecular flexibility index (Phi) is 8.26. The van der Waals surface area contributed by atoms with Gasteiger partial charge in [-0.25, -0.2) is 0 Å². The Balaban J connectivity index is 1.25. The standard InChI is InChI=1S/C26H28ClN3O2S/c27-22-11-4-9-21-10-5-12-23(26(21)22)33-19-25(32)30-14-6-13-29(15-16-30)18-24(31)28-17-20-7-2-1-3-8-20/h1-5,7-12H,6,13-19H2,(H,28,31). The lowest BCUT2D eigenvalue weighted by Gasteiger charge is -2.22. The smallest absolute Gasteiger partial charge is 0.234 e. The summed E-state index contributed by atoms with van der Waals surface area (Å²) in [6.45, 7) is 3.77. The van der Waals surface area contributed by atoms with E-state index in [2.05, 4.69) is 10.2 Å². The van der Waals surface area contributed by atoms with Crippen LogP contribution in [0.3, 0.4) is 0 Å². The van der Waals surface area contributed by atoms with E-state index in [1.54, 1.807) is 0 Å². The summed E-state index contributed by atoms with van der Waals surface area (Å²) in [5.74, 6) is 0.517. The van der Waals surface area contributed by atoms with Gasteiger partial charge in [-0.1, -0.05) is 66.2 Å². The van der Waals surface area contributed by atoms with Crippen molar-refractivity contribution in [2.45, 2.75) is 17.9 Å². The van der Waals surface area contributed by atoms with Crippen LogP contribution in [0.1, 0.15) is 12.0 Å². The molecule has 1 fully saturated rings. The summed E-state index contributed by atoms with van der Waals surface area (Å²) in [5, 5.41) is 5.77. The molecule has 1 heterocycles. The predicted molar refractivity (Wildman–Crippen MR) is 136 cm³/mol. The van der Waals surface area contributed by atoms with Crippen LogP contribution in [0.2, 0.25) is 5.02 Å². The maximum absolute atomic E-state index is 12.9. The van der Waals surface area contributed by atoms with Gasteiger partial charge in [0, 0.05) is 48.0 Å². The van der Waals surface area contributed by atoms with Crippen LogP contribution in [-0.2, 0) is 16.1 Å². The Hall–Kier alpha value is -2.54. The van der Waals surface area contributed by atoms with Crippen molar-refractivity contribution in [3.63, 3.8) is 0 Å². The maximum atomic E-state index is 12.9. The summed E-state index contributed by atoms with van der Waals surface area (Å²) in [5.41, 5.74) is 1.09. The zero-order valence-electron chi connectivity index (χ0n) is 18.5. The summed E-state index contributed by atoms with van der Waals surface area (Å²) >= 11 is 7.95. The van der Waals surface area contributed by atoms with Gasteiger partial charge in [-0.15, -0.1) is 11.8 Å². The highest BCUT2D eigenvalue weighted by Crippen LogP contribution is 2.33. The number of carbonyl (C=O) groups is 2. The van der Waals surface area contributed by atoms with E-state index < -0.39 is 0 Å². The summed E-state index contributed by atoms with van der Waals surface area (Å²) in [4.78, 5) is 30.3. The number of amides is 2. The third kappa shape index (κ3) is 6.50. The number of carbonyl (C=O) groups excluding carboxylic acids is 2. The number of hydrogen-bond donors (Lipinski definition) is 1. The molecule has 0 bridgehead atoms. The Labute approximate surface area is 204 Å². The number of nitrogens with one attached hydrogen (secondary N) is 1. The fraction of sp³-hybridized carbons (Fsp3) is 0.308. The van der Waals surface area contributed by atoms with E-state index in [0.717, 1.165) is 40.7 Å². The molecule has 33 heavy (non-hydrogen) atoms. The Morgan fingerprint density at radius 2 is 1.70 bits per heavy atom. The van der Waals surface area contributed by atoms with Crippen molar-refractivity contribution in [1.82, 2.24) is 15.1 Å². The molecule has 0 unspecified atom stereocenters. The second-order valence-corrected chi connectivity index (χ2v) is 9.58. The lowest BCUT2D eigenvalue weighted by Crippen LogP contribution is -2.40. The van der Waals surface area contributed by atoms with Crippen LogP contribution in [0.4, 0.5) is 0 Å². The molecule has 0 atom stereocenters. The molecule has 1 saturated heterocycles. The molecular formula is C26H28ClN3O2S. The fourth-order valence-electron chi connectivity index (χ4n) is 4.05. The van der Waals surface area contributed by atoms with E-state index in [9.17, 15) is 9.59 Å². The molecule has 1 N–H and O–H groups in total. The lowest BCUT2D eigenvalue weighted by molar-refractivity contribution is -0.128. The number of thioether (sulfide) groups is 1. The molecule has 0 aliphatic carbocycles. The monoisotopic (exact) mass is 481 g/mol. The van der Waals surface area contributed by atoms with Gasteiger partial charge in [0.2, 0.25) is 11.8 Å². The average molecular weight is 482 g/mol. The van der Waals surface area contributed by atoms with Gasteiger partial charge in [0.25, 0.3) is 0 Å². The van der Waals surface area contributed by atoms with Crippen molar-refractivity contribution in [3.8, 4) is 0 Å². The van der Waals surface area contributed by atoms with Gasteiger partial charge >= 0.3 is 0 Å². The van der Waals surface area contributed by atoms with E-state index in [4.69, 9.17) is 11.6 Å². The van der Waals surface area contributed by atoms with Gasteiger partial charge in [0.1, 0.15) is 0 Å². The molecule has 0 spiro atoms. The molecule has 3 aromatic rings. The normalized spacial score (nSPS) is 14.8. The second kappa shape index (κ2) is 11.5. The molecule has 5 nitrogen and oxygen atoms in total. The molecule has 1 aliphatic heterocycles. The van der Waals surface area contributed by atoms with Crippen molar-refractivity contribution in [1.29, 1.82) is 0 Å². The van der Waals surface area contributed by atoms with Gasteiger partial charge in [-0.05, 0) is 29.5 Å². The van der Waals surface area contributed by atoms with Crippen molar-refractivity contribution in [3.05, 3.63) is 77.3 Å². The third-order valence-electron chi connectivity index (χ3n) is 5.81. The van der Waals surface area contributed by atoms with Crippen LogP contribution in [0.5, 0.6) is 0 Å². The number of halogens is 1. The van der Waals surface area contributed by atoms with Gasteiger partial charge < -0.3 is 10.2 Å². The number of nitrogens with zero attached hydrogens (tertiary/aromatic N) is 2. The van der Waals surface area contributed by atoms with Crippen LogP contribution in [0.25, 0.3) is 10.8 Å². The molecule has 2 amide bonds. The zero-order chi connectivity index (χ0) is 23.0. The summed E-state index contributed by atoms with van der Waals surface area (Å²) in [6.07, 6.45) is 0.864. The highest BCUT2D eigenvalue weighted by atomic mass is 35.5. The van der Waals surface area contributed by atoms with Crippen molar-refractivity contribution in [2.24, 2.45) is 0 Å².